The summed E-state index contributed by atoms with van der Waals surface area (Å²) in [5.41, 5.74) is 7.55. The van der Waals surface area contributed by atoms with Crippen molar-refractivity contribution in [3.05, 3.63) is 36.4 Å². The van der Waals surface area contributed by atoms with E-state index in [2.05, 4.69) is 15.0 Å². The number of hydrogen-bond acceptors (Lipinski definition) is 10. The molecule has 0 fully saturated rings. The highest BCUT2D eigenvalue weighted by atomic mass is 32.2. The first kappa shape index (κ1) is 20.6. The Morgan fingerprint density at radius 2 is 1.97 bits per heavy atom. The van der Waals surface area contributed by atoms with Crippen LogP contribution in [0.2, 0.25) is 0 Å². The summed E-state index contributed by atoms with van der Waals surface area (Å²) in [7, 11) is -3.71. The number of sulfonamides is 1. The van der Waals surface area contributed by atoms with Crippen molar-refractivity contribution < 1.29 is 22.3 Å². The Kier molecular flexibility index (Phi) is 4.95. The van der Waals surface area contributed by atoms with Crippen molar-refractivity contribution in [2.24, 2.45) is 5.14 Å². The van der Waals surface area contributed by atoms with Crippen molar-refractivity contribution >= 4 is 38.8 Å². The summed E-state index contributed by atoms with van der Waals surface area (Å²) >= 11 is 1.29. The molecule has 0 saturated heterocycles. The van der Waals surface area contributed by atoms with Gasteiger partial charge in [-0.3, -0.25) is 0 Å². The lowest BCUT2D eigenvalue weighted by Crippen LogP contribution is -2.20. The second kappa shape index (κ2) is 7.69. The van der Waals surface area contributed by atoms with Crippen molar-refractivity contribution in [1.29, 1.82) is 0 Å². The Hall–Kier alpha value is -3.29. The van der Waals surface area contributed by atoms with Crippen molar-refractivity contribution in [3.8, 4) is 22.8 Å². The number of imidazole rings is 1. The monoisotopic (exact) mass is 474 g/mol. The smallest absolute Gasteiger partial charge is 0.231 e. The first-order chi connectivity index (χ1) is 15.3. The predicted molar refractivity (Wildman–Crippen MR) is 117 cm³/mol. The summed E-state index contributed by atoms with van der Waals surface area (Å²) in [5, 5.41) is 5.70. The molecule has 11 nitrogen and oxygen atoms in total. The summed E-state index contributed by atoms with van der Waals surface area (Å²) < 4.78 is 41.8. The minimum absolute atomic E-state index is 0.0495. The molecular formula is C19H18N6O5S2. The minimum atomic E-state index is -3.71. The highest BCUT2D eigenvalue weighted by Gasteiger charge is 2.23. The van der Waals surface area contributed by atoms with Gasteiger partial charge < -0.3 is 24.2 Å². The average Bonchev–Trinajstić information content (AvgIpc) is 3.44. The molecule has 3 aromatic heterocycles. The van der Waals surface area contributed by atoms with Crippen LogP contribution < -0.4 is 20.3 Å². The van der Waals surface area contributed by atoms with Crippen molar-refractivity contribution in [2.45, 2.75) is 23.5 Å². The Labute approximate surface area is 186 Å². The summed E-state index contributed by atoms with van der Waals surface area (Å²) in [6.45, 7) is 2.03. The van der Waals surface area contributed by atoms with E-state index >= 15 is 0 Å². The zero-order valence-electron chi connectivity index (χ0n) is 16.8. The van der Waals surface area contributed by atoms with Gasteiger partial charge in [0.05, 0.1) is 5.75 Å². The summed E-state index contributed by atoms with van der Waals surface area (Å²) in [4.78, 5) is 13.6. The molecule has 13 heteroatoms. The number of nitrogens with two attached hydrogens (primary N) is 2. The number of ether oxygens (including phenoxy) is 2. The number of anilines is 1. The van der Waals surface area contributed by atoms with Gasteiger partial charge in [0, 0.05) is 17.0 Å². The van der Waals surface area contributed by atoms with Gasteiger partial charge in [0.25, 0.3) is 0 Å². The molecule has 4 heterocycles. The first-order valence-corrected chi connectivity index (χ1v) is 12.0. The maximum absolute atomic E-state index is 11.6. The molecule has 1 aromatic carbocycles. The standard InChI is InChI=1S/C19H18N6O5S2/c1-10-2-3-12(30-10)11-6-13-14(29-9-28-13)7-15(11)31-19-24-16-17(20)22-8-23-18(16)25(19)4-5-32(21,26)27/h2-3,6-8H,4-5,9H2,1H3,(H2,20,22,23)(H2,21,26,27). The third kappa shape index (κ3) is 3.85. The van der Waals surface area contributed by atoms with E-state index in [9.17, 15) is 8.42 Å². The average molecular weight is 475 g/mol. The van der Waals surface area contributed by atoms with Crippen LogP contribution in [0.25, 0.3) is 22.5 Å². The molecular weight excluding hydrogens is 456 g/mol. The van der Waals surface area contributed by atoms with E-state index in [1.54, 1.807) is 4.57 Å². The van der Waals surface area contributed by atoms with Crippen molar-refractivity contribution in [2.75, 3.05) is 18.3 Å². The number of nitrogens with zero attached hydrogens (tertiary/aromatic N) is 4. The van der Waals surface area contributed by atoms with Crippen LogP contribution in [0.15, 0.2) is 45.1 Å². The molecule has 5 rings (SSSR count). The maximum Gasteiger partial charge on any atom is 0.231 e. The largest absolute Gasteiger partial charge is 0.461 e. The van der Waals surface area contributed by atoms with E-state index in [1.807, 2.05) is 31.2 Å². The molecule has 0 amide bonds. The third-order valence-electron chi connectivity index (χ3n) is 4.81. The number of nitrogen functional groups attached to an aromatic ring is 1. The van der Waals surface area contributed by atoms with Crippen LogP contribution in [-0.2, 0) is 16.6 Å². The number of hydrogen-bond donors (Lipinski definition) is 2. The lowest BCUT2D eigenvalue weighted by atomic mass is 10.1. The number of furan rings is 1. The highest BCUT2D eigenvalue weighted by molar-refractivity contribution is 7.99. The Balaban J connectivity index is 1.64. The fourth-order valence-electron chi connectivity index (χ4n) is 3.31. The summed E-state index contributed by atoms with van der Waals surface area (Å²) in [5.74, 6) is 2.51. The molecule has 4 N–H and O–H groups in total. The van der Waals surface area contributed by atoms with Gasteiger partial charge in [-0.05, 0) is 31.2 Å². The zero-order chi connectivity index (χ0) is 22.5. The van der Waals surface area contributed by atoms with Crippen molar-refractivity contribution in [3.63, 3.8) is 0 Å². The predicted octanol–water partition coefficient (Wildman–Crippen LogP) is 2.15. The van der Waals surface area contributed by atoms with Gasteiger partial charge in [0.2, 0.25) is 16.8 Å². The van der Waals surface area contributed by atoms with E-state index in [0.717, 1.165) is 16.2 Å². The SMILES string of the molecule is Cc1ccc(-c2cc3c(cc2Sc2nc4c(N)ncnc4n2CCS(N)(=O)=O)OCO3)o1. The number of aryl methyl sites for hydroxylation is 2. The van der Waals surface area contributed by atoms with Gasteiger partial charge in [0.1, 0.15) is 17.8 Å². The third-order valence-corrected chi connectivity index (χ3v) is 6.61. The number of aromatic nitrogens is 4. The fourth-order valence-corrected chi connectivity index (χ4v) is 4.80. The fraction of sp³-hybridized carbons (Fsp3) is 0.211. The summed E-state index contributed by atoms with van der Waals surface area (Å²) in [6.07, 6.45) is 1.30. The van der Waals surface area contributed by atoms with Gasteiger partial charge in [-0.25, -0.2) is 28.5 Å². The van der Waals surface area contributed by atoms with Crippen LogP contribution in [0.3, 0.4) is 0 Å². The van der Waals surface area contributed by atoms with Gasteiger partial charge in [-0.2, -0.15) is 0 Å². The van der Waals surface area contributed by atoms with E-state index in [-0.39, 0.29) is 24.9 Å². The topological polar surface area (TPSA) is 161 Å². The number of fused-ring (bicyclic) bond motifs is 2. The number of primary sulfonamides is 1. The Morgan fingerprint density at radius 1 is 1.19 bits per heavy atom. The Morgan fingerprint density at radius 3 is 2.69 bits per heavy atom. The van der Waals surface area contributed by atoms with Crippen LogP contribution in [-0.4, -0.2) is 40.5 Å². The molecule has 0 atom stereocenters. The normalized spacial score (nSPS) is 13.2. The lowest BCUT2D eigenvalue weighted by molar-refractivity contribution is 0.174. The second-order valence-electron chi connectivity index (χ2n) is 7.06. The molecule has 0 unspecified atom stereocenters. The Bertz CT molecular complexity index is 1450. The van der Waals surface area contributed by atoms with Crippen LogP contribution in [0.4, 0.5) is 5.82 Å². The quantitative estimate of drug-likeness (QED) is 0.423. The molecule has 0 saturated carbocycles. The molecule has 1 aliphatic rings. The van der Waals surface area contributed by atoms with Gasteiger partial charge in [-0.15, -0.1) is 0 Å². The summed E-state index contributed by atoms with van der Waals surface area (Å²) in [6, 6.07) is 7.41. The van der Waals surface area contributed by atoms with Crippen molar-refractivity contribution in [1.82, 2.24) is 19.5 Å². The van der Waals surface area contributed by atoms with E-state index in [4.69, 9.17) is 24.8 Å². The molecule has 1 aliphatic heterocycles. The minimum Gasteiger partial charge on any atom is -0.461 e. The van der Waals surface area contributed by atoms with E-state index in [0.29, 0.717) is 33.6 Å². The number of rotatable bonds is 6. The lowest BCUT2D eigenvalue weighted by Gasteiger charge is -2.11. The van der Waals surface area contributed by atoms with Gasteiger partial charge in [-0.1, -0.05) is 11.8 Å². The highest BCUT2D eigenvalue weighted by Crippen LogP contribution is 2.45. The van der Waals surface area contributed by atoms with E-state index < -0.39 is 10.0 Å². The van der Waals surface area contributed by atoms with Crippen LogP contribution in [0, 0.1) is 6.92 Å². The van der Waals surface area contributed by atoms with Crippen LogP contribution in [0.5, 0.6) is 11.5 Å². The zero-order valence-corrected chi connectivity index (χ0v) is 18.4. The maximum atomic E-state index is 11.6. The molecule has 166 valence electrons. The molecule has 0 radical (unpaired) electrons. The molecule has 0 aliphatic carbocycles. The van der Waals surface area contributed by atoms with Crippen LogP contribution >= 0.6 is 11.8 Å². The van der Waals surface area contributed by atoms with Gasteiger partial charge in [0.15, 0.2) is 33.6 Å². The van der Waals surface area contributed by atoms with Crippen LogP contribution in [0.1, 0.15) is 5.76 Å². The first-order valence-electron chi connectivity index (χ1n) is 9.44. The van der Waals surface area contributed by atoms with Gasteiger partial charge >= 0.3 is 0 Å². The van der Waals surface area contributed by atoms with E-state index in [1.165, 1.54) is 18.1 Å². The molecule has 0 spiro atoms. The second-order valence-corrected chi connectivity index (χ2v) is 9.80. The molecule has 0 bridgehead atoms. The molecule has 32 heavy (non-hydrogen) atoms. The number of benzene rings is 1. The molecule has 4 aromatic rings.